The molecule has 0 saturated heterocycles. The number of fused-ring (bicyclic) bond motifs is 1. The van der Waals surface area contributed by atoms with Crippen LogP contribution in [0.5, 0.6) is 0 Å². The molecule has 8 heteroatoms. The highest BCUT2D eigenvalue weighted by Gasteiger charge is 2.09. The Morgan fingerprint density at radius 3 is 3.11 bits per heavy atom. The molecule has 0 spiro atoms. The van der Waals surface area contributed by atoms with E-state index in [4.69, 9.17) is 11.6 Å². The number of nitrogens with zero attached hydrogens (tertiary/aromatic N) is 5. The van der Waals surface area contributed by atoms with Gasteiger partial charge in [-0.15, -0.1) is 16.4 Å². The maximum Gasteiger partial charge on any atom is 0.225 e. The van der Waals surface area contributed by atoms with Crippen LogP contribution in [0, 0.1) is 6.92 Å². The topological polar surface area (TPSA) is 68.5 Å². The molecule has 0 amide bonds. The van der Waals surface area contributed by atoms with E-state index in [2.05, 4.69) is 31.7 Å². The van der Waals surface area contributed by atoms with E-state index in [1.807, 2.05) is 13.1 Å². The molecule has 0 radical (unpaired) electrons. The summed E-state index contributed by atoms with van der Waals surface area (Å²) >= 11 is 7.54. The zero-order chi connectivity index (χ0) is 13.2. The Balaban J connectivity index is 1.79. The molecule has 19 heavy (non-hydrogen) atoms. The average molecular weight is 295 g/mol. The van der Waals surface area contributed by atoms with Crippen molar-refractivity contribution in [2.24, 2.45) is 0 Å². The van der Waals surface area contributed by atoms with Crippen LogP contribution < -0.4 is 5.32 Å². The second-order valence-corrected chi connectivity index (χ2v) is 5.58. The normalized spacial score (nSPS) is 11.1. The Morgan fingerprint density at radius 1 is 1.42 bits per heavy atom. The van der Waals surface area contributed by atoms with Crippen LogP contribution in [0.25, 0.3) is 10.2 Å². The highest BCUT2D eigenvalue weighted by atomic mass is 35.5. The predicted molar refractivity (Wildman–Crippen MR) is 75.7 cm³/mol. The largest absolute Gasteiger partial charge is 0.368 e. The molecule has 3 aromatic rings. The fraction of sp³-hybridized carbons (Fsp3) is 0.273. The number of aromatic nitrogens is 5. The number of thiophene rings is 1. The van der Waals surface area contributed by atoms with Crippen molar-refractivity contribution >= 4 is 39.0 Å². The van der Waals surface area contributed by atoms with Crippen molar-refractivity contribution in [2.45, 2.75) is 13.5 Å². The van der Waals surface area contributed by atoms with Gasteiger partial charge in [-0.05, 0) is 24.6 Å². The van der Waals surface area contributed by atoms with Crippen molar-refractivity contribution in [2.75, 3.05) is 11.9 Å². The molecule has 0 aliphatic rings. The molecule has 0 saturated carbocycles. The summed E-state index contributed by atoms with van der Waals surface area (Å²) < 4.78 is 1.76. The molecule has 98 valence electrons. The van der Waals surface area contributed by atoms with E-state index in [1.54, 1.807) is 22.2 Å². The zero-order valence-corrected chi connectivity index (χ0v) is 11.7. The first-order valence-corrected chi connectivity index (χ1v) is 6.93. The average Bonchev–Trinajstić information content (AvgIpc) is 2.97. The molecule has 0 atom stereocenters. The molecule has 0 bridgehead atoms. The Morgan fingerprint density at radius 2 is 2.32 bits per heavy atom. The summed E-state index contributed by atoms with van der Waals surface area (Å²) in [6.07, 6.45) is 3.47. The van der Waals surface area contributed by atoms with Gasteiger partial charge in [-0.2, -0.15) is 0 Å². The summed E-state index contributed by atoms with van der Waals surface area (Å²) in [7, 11) is 0. The minimum Gasteiger partial charge on any atom is -0.368 e. The third kappa shape index (κ3) is 2.66. The second-order valence-electron chi connectivity index (χ2n) is 4.01. The fourth-order valence-corrected chi connectivity index (χ4v) is 2.89. The van der Waals surface area contributed by atoms with Gasteiger partial charge in [0.2, 0.25) is 5.28 Å². The molecule has 3 heterocycles. The van der Waals surface area contributed by atoms with Gasteiger partial charge in [0.25, 0.3) is 0 Å². The quantitative estimate of drug-likeness (QED) is 0.748. The lowest BCUT2D eigenvalue weighted by Crippen LogP contribution is -2.12. The first-order valence-electron chi connectivity index (χ1n) is 5.74. The van der Waals surface area contributed by atoms with Crippen molar-refractivity contribution in [1.29, 1.82) is 0 Å². The van der Waals surface area contributed by atoms with Crippen molar-refractivity contribution in [3.05, 3.63) is 28.6 Å². The maximum absolute atomic E-state index is 5.93. The minimum atomic E-state index is 0.262. The first kappa shape index (κ1) is 12.3. The highest BCUT2D eigenvalue weighted by molar-refractivity contribution is 7.18. The van der Waals surface area contributed by atoms with Gasteiger partial charge >= 0.3 is 0 Å². The molecule has 0 aliphatic carbocycles. The van der Waals surface area contributed by atoms with Gasteiger partial charge < -0.3 is 5.32 Å². The van der Waals surface area contributed by atoms with E-state index in [0.717, 1.165) is 16.0 Å². The van der Waals surface area contributed by atoms with Crippen LogP contribution in [0.15, 0.2) is 18.5 Å². The van der Waals surface area contributed by atoms with Crippen LogP contribution in [-0.4, -0.2) is 31.5 Å². The summed E-state index contributed by atoms with van der Waals surface area (Å²) in [6, 6.07) is 2.06. The summed E-state index contributed by atoms with van der Waals surface area (Å²) in [4.78, 5) is 10.5. The van der Waals surface area contributed by atoms with Gasteiger partial charge in [0.1, 0.15) is 10.6 Å². The number of rotatable bonds is 4. The van der Waals surface area contributed by atoms with E-state index < -0.39 is 0 Å². The van der Waals surface area contributed by atoms with Gasteiger partial charge in [0, 0.05) is 17.6 Å². The van der Waals surface area contributed by atoms with Gasteiger partial charge in [-0.1, -0.05) is 5.21 Å². The zero-order valence-electron chi connectivity index (χ0n) is 10.2. The molecule has 3 aromatic heterocycles. The molecule has 0 fully saturated rings. The van der Waals surface area contributed by atoms with E-state index >= 15 is 0 Å². The lowest BCUT2D eigenvalue weighted by molar-refractivity contribution is 0.608. The molecule has 0 aromatic carbocycles. The summed E-state index contributed by atoms with van der Waals surface area (Å²) in [5, 5.41) is 12.2. The summed E-state index contributed by atoms with van der Waals surface area (Å²) in [6.45, 7) is 3.45. The van der Waals surface area contributed by atoms with Crippen molar-refractivity contribution in [1.82, 2.24) is 25.0 Å². The SMILES string of the molecule is Cc1cc2c(NCCn3ccnn3)nc(Cl)nc2s1. The number of hydrogen-bond donors (Lipinski definition) is 1. The molecule has 3 rings (SSSR count). The van der Waals surface area contributed by atoms with Crippen molar-refractivity contribution < 1.29 is 0 Å². The van der Waals surface area contributed by atoms with Crippen LogP contribution in [0.3, 0.4) is 0 Å². The van der Waals surface area contributed by atoms with Gasteiger partial charge in [0.15, 0.2) is 0 Å². The van der Waals surface area contributed by atoms with E-state index in [-0.39, 0.29) is 5.28 Å². The third-order valence-corrected chi connectivity index (χ3v) is 3.71. The highest BCUT2D eigenvalue weighted by Crippen LogP contribution is 2.29. The van der Waals surface area contributed by atoms with Crippen LogP contribution in [-0.2, 0) is 6.54 Å². The predicted octanol–water partition coefficient (Wildman–Crippen LogP) is 2.36. The molecule has 0 unspecified atom stereocenters. The lowest BCUT2D eigenvalue weighted by Gasteiger charge is -2.06. The Kier molecular flexibility index (Phi) is 3.31. The van der Waals surface area contributed by atoms with Crippen LogP contribution in [0.2, 0.25) is 5.28 Å². The number of nitrogens with one attached hydrogen (secondary N) is 1. The summed E-state index contributed by atoms with van der Waals surface area (Å²) in [5.74, 6) is 0.763. The summed E-state index contributed by atoms with van der Waals surface area (Å²) in [5.41, 5.74) is 0. The number of hydrogen-bond acceptors (Lipinski definition) is 6. The number of halogens is 1. The molecule has 1 N–H and O–H groups in total. The molecule has 0 aliphatic heterocycles. The molecular formula is C11H11ClN6S. The van der Waals surface area contributed by atoms with E-state index in [0.29, 0.717) is 13.1 Å². The number of anilines is 1. The minimum absolute atomic E-state index is 0.262. The Labute approximate surface area is 118 Å². The van der Waals surface area contributed by atoms with Crippen LogP contribution in [0.4, 0.5) is 5.82 Å². The first-order chi connectivity index (χ1) is 9.22. The van der Waals surface area contributed by atoms with Gasteiger partial charge in [0.05, 0.1) is 18.1 Å². The maximum atomic E-state index is 5.93. The standard InChI is InChI=1S/C11H11ClN6S/c1-7-6-8-9(15-11(12)16-10(8)19-7)13-2-4-18-5-3-14-17-18/h3,5-6H,2,4H2,1H3,(H,13,15,16). The smallest absolute Gasteiger partial charge is 0.225 e. The monoisotopic (exact) mass is 294 g/mol. The second kappa shape index (κ2) is 5.10. The fourth-order valence-electron chi connectivity index (χ4n) is 1.79. The van der Waals surface area contributed by atoms with Gasteiger partial charge in [-0.25, -0.2) is 9.97 Å². The van der Waals surface area contributed by atoms with Crippen LogP contribution >= 0.6 is 22.9 Å². The van der Waals surface area contributed by atoms with Crippen LogP contribution in [0.1, 0.15) is 4.88 Å². The Hall–Kier alpha value is -1.73. The molecular weight excluding hydrogens is 284 g/mol. The molecule has 6 nitrogen and oxygen atoms in total. The lowest BCUT2D eigenvalue weighted by atomic mass is 10.3. The van der Waals surface area contributed by atoms with Crippen molar-refractivity contribution in [3.63, 3.8) is 0 Å². The van der Waals surface area contributed by atoms with Gasteiger partial charge in [-0.3, -0.25) is 4.68 Å². The van der Waals surface area contributed by atoms with E-state index in [1.165, 1.54) is 4.88 Å². The van der Waals surface area contributed by atoms with E-state index in [9.17, 15) is 0 Å². The Bertz CT molecular complexity index is 693. The number of aryl methyl sites for hydroxylation is 1. The van der Waals surface area contributed by atoms with Crippen molar-refractivity contribution in [3.8, 4) is 0 Å². The third-order valence-electron chi connectivity index (χ3n) is 2.59.